The molecule has 0 spiro atoms. The number of para-hydroxylation sites is 3. The van der Waals surface area contributed by atoms with E-state index in [1.54, 1.807) is 0 Å². The van der Waals surface area contributed by atoms with Gasteiger partial charge in [-0.3, -0.25) is 0 Å². The first-order valence-corrected chi connectivity index (χ1v) is 8.49. The zero-order chi connectivity index (χ0) is 15.0. The van der Waals surface area contributed by atoms with Crippen molar-refractivity contribution in [1.29, 1.82) is 0 Å². The highest BCUT2D eigenvalue weighted by molar-refractivity contribution is 8.93. The molecule has 5 heteroatoms. The fourth-order valence-corrected chi connectivity index (χ4v) is 3.40. The number of hydrogen-bond acceptors (Lipinski definition) is 3. The van der Waals surface area contributed by atoms with Gasteiger partial charge in [-0.2, -0.15) is 0 Å². The van der Waals surface area contributed by atoms with E-state index in [1.807, 2.05) is 54.6 Å². The summed E-state index contributed by atoms with van der Waals surface area (Å²) in [6.45, 7) is 0. The molecule has 3 aromatic rings. The van der Waals surface area contributed by atoms with E-state index in [9.17, 15) is 0 Å². The quantitative estimate of drug-likeness (QED) is 0.445. The molecule has 0 saturated carbocycles. The van der Waals surface area contributed by atoms with E-state index in [0.717, 1.165) is 17.1 Å². The number of anilines is 3. The van der Waals surface area contributed by atoms with E-state index >= 15 is 0 Å². The summed E-state index contributed by atoms with van der Waals surface area (Å²) >= 11 is 0. The average Bonchev–Trinajstić information content (AvgIpc) is 2.57. The molecule has 0 aliphatic heterocycles. The Kier molecular flexibility index (Phi) is 6.92. The highest BCUT2D eigenvalue weighted by atomic mass is 79.9. The molecule has 3 N–H and O–H groups in total. The summed E-state index contributed by atoms with van der Waals surface area (Å²) in [6, 6.07) is 30.6. The molecule has 0 unspecified atom stereocenters. The average molecular weight is 388 g/mol. The molecule has 0 atom stereocenters. The summed E-state index contributed by atoms with van der Waals surface area (Å²) < 4.78 is 0. The highest BCUT2D eigenvalue weighted by Gasteiger charge is 2.09. The molecular formula is C18H19BrN3P. The third-order valence-electron chi connectivity index (χ3n) is 3.04. The molecule has 118 valence electrons. The molecule has 0 aliphatic carbocycles. The van der Waals surface area contributed by atoms with Gasteiger partial charge < -0.3 is 15.3 Å². The maximum Gasteiger partial charge on any atom is 0.200 e. The van der Waals surface area contributed by atoms with Gasteiger partial charge in [0.25, 0.3) is 0 Å². The van der Waals surface area contributed by atoms with Crippen molar-refractivity contribution in [2.45, 2.75) is 0 Å². The van der Waals surface area contributed by atoms with Crippen molar-refractivity contribution in [3.63, 3.8) is 0 Å². The van der Waals surface area contributed by atoms with Gasteiger partial charge in [-0.15, -0.1) is 17.0 Å². The van der Waals surface area contributed by atoms with Crippen LogP contribution in [0.2, 0.25) is 0 Å². The molecule has 23 heavy (non-hydrogen) atoms. The summed E-state index contributed by atoms with van der Waals surface area (Å²) in [4.78, 5) is 0. The SMILES string of the molecule is Br.c1ccc(NP(Nc2ccccc2)Nc2ccccc2)cc1. The van der Waals surface area contributed by atoms with Crippen molar-refractivity contribution in [2.75, 3.05) is 15.3 Å². The minimum atomic E-state index is -0.840. The highest BCUT2D eigenvalue weighted by Crippen LogP contribution is 2.37. The smallest absolute Gasteiger partial charge is 0.200 e. The molecule has 0 radical (unpaired) electrons. The molecule has 3 nitrogen and oxygen atoms in total. The lowest BCUT2D eigenvalue weighted by atomic mass is 10.3. The van der Waals surface area contributed by atoms with Gasteiger partial charge in [0.2, 0.25) is 0 Å². The maximum atomic E-state index is 3.52. The number of nitrogens with one attached hydrogen (secondary N) is 3. The van der Waals surface area contributed by atoms with E-state index in [-0.39, 0.29) is 17.0 Å². The van der Waals surface area contributed by atoms with E-state index in [4.69, 9.17) is 0 Å². The largest absolute Gasteiger partial charge is 0.331 e. The lowest BCUT2D eigenvalue weighted by molar-refractivity contribution is 1.61. The molecule has 0 aliphatic rings. The molecule has 3 rings (SSSR count). The predicted molar refractivity (Wildman–Crippen MR) is 107 cm³/mol. The molecule has 0 bridgehead atoms. The monoisotopic (exact) mass is 387 g/mol. The van der Waals surface area contributed by atoms with Crippen LogP contribution in [0.5, 0.6) is 0 Å². The second-order valence-corrected chi connectivity index (χ2v) is 6.11. The third kappa shape index (κ3) is 5.59. The predicted octanol–water partition coefficient (Wildman–Crippen LogP) is 6.13. The summed E-state index contributed by atoms with van der Waals surface area (Å²) in [5, 5.41) is 10.6. The number of rotatable bonds is 6. The van der Waals surface area contributed by atoms with E-state index < -0.39 is 8.37 Å². The van der Waals surface area contributed by atoms with Crippen LogP contribution < -0.4 is 15.3 Å². The van der Waals surface area contributed by atoms with Gasteiger partial charge in [-0.1, -0.05) is 54.6 Å². The Bertz CT molecular complexity index is 582. The molecule has 3 aromatic carbocycles. The van der Waals surface area contributed by atoms with Crippen LogP contribution in [0.25, 0.3) is 0 Å². The fraction of sp³-hybridized carbons (Fsp3) is 0. The van der Waals surface area contributed by atoms with Crippen molar-refractivity contribution >= 4 is 42.4 Å². The van der Waals surface area contributed by atoms with E-state index in [0.29, 0.717) is 0 Å². The minimum absolute atomic E-state index is 0. The Labute approximate surface area is 148 Å². The lowest BCUT2D eigenvalue weighted by Crippen LogP contribution is -2.08. The van der Waals surface area contributed by atoms with Crippen LogP contribution >= 0.6 is 25.4 Å². The lowest BCUT2D eigenvalue weighted by Gasteiger charge is -2.23. The zero-order valence-corrected chi connectivity index (χ0v) is 15.1. The molecule has 0 heterocycles. The van der Waals surface area contributed by atoms with Crippen LogP contribution in [0.1, 0.15) is 0 Å². The zero-order valence-electron chi connectivity index (χ0n) is 12.5. The number of hydrogen-bond donors (Lipinski definition) is 3. The van der Waals surface area contributed by atoms with Crippen LogP contribution in [-0.2, 0) is 0 Å². The summed E-state index contributed by atoms with van der Waals surface area (Å²) in [5.41, 5.74) is 3.25. The van der Waals surface area contributed by atoms with Gasteiger partial charge in [-0.25, -0.2) is 0 Å². The second-order valence-electron chi connectivity index (χ2n) is 4.77. The Hall–Kier alpha value is -2.03. The second kappa shape index (κ2) is 9.19. The van der Waals surface area contributed by atoms with E-state index in [1.165, 1.54) is 0 Å². The first-order chi connectivity index (χ1) is 10.9. The van der Waals surface area contributed by atoms with Gasteiger partial charge >= 0.3 is 0 Å². The van der Waals surface area contributed by atoms with Crippen LogP contribution in [0.3, 0.4) is 0 Å². The topological polar surface area (TPSA) is 36.1 Å². The number of benzene rings is 3. The van der Waals surface area contributed by atoms with Gasteiger partial charge in [0.1, 0.15) is 0 Å². The minimum Gasteiger partial charge on any atom is -0.331 e. The van der Waals surface area contributed by atoms with Crippen molar-refractivity contribution < 1.29 is 0 Å². The maximum absolute atomic E-state index is 3.52. The van der Waals surface area contributed by atoms with Crippen molar-refractivity contribution in [1.82, 2.24) is 0 Å². The Morgan fingerprint density at radius 1 is 0.435 bits per heavy atom. The molecule has 0 fully saturated rings. The summed E-state index contributed by atoms with van der Waals surface area (Å²) in [6.07, 6.45) is 0. The van der Waals surface area contributed by atoms with Crippen LogP contribution in [0.4, 0.5) is 17.1 Å². The van der Waals surface area contributed by atoms with Crippen LogP contribution in [-0.4, -0.2) is 0 Å². The normalized spacial score (nSPS) is 9.78. The van der Waals surface area contributed by atoms with Crippen LogP contribution in [0.15, 0.2) is 91.0 Å². The van der Waals surface area contributed by atoms with Gasteiger partial charge in [-0.05, 0) is 36.4 Å². The fourth-order valence-electron chi connectivity index (χ4n) is 2.01. The summed E-state index contributed by atoms with van der Waals surface area (Å²) in [5.74, 6) is 0. The van der Waals surface area contributed by atoms with Gasteiger partial charge in [0.15, 0.2) is 8.37 Å². The van der Waals surface area contributed by atoms with Gasteiger partial charge in [0.05, 0.1) is 0 Å². The first kappa shape index (κ1) is 17.3. The van der Waals surface area contributed by atoms with Crippen LogP contribution in [0, 0.1) is 0 Å². The molecule has 0 saturated heterocycles. The number of halogens is 1. The van der Waals surface area contributed by atoms with Gasteiger partial charge in [0, 0.05) is 17.1 Å². The Morgan fingerprint density at radius 2 is 0.696 bits per heavy atom. The van der Waals surface area contributed by atoms with E-state index in [2.05, 4.69) is 51.7 Å². The summed E-state index contributed by atoms with van der Waals surface area (Å²) in [7, 11) is -0.840. The van der Waals surface area contributed by atoms with Crippen molar-refractivity contribution in [2.24, 2.45) is 0 Å². The molecule has 0 amide bonds. The Balaban J connectivity index is 0.00000192. The van der Waals surface area contributed by atoms with Crippen molar-refractivity contribution in [3.05, 3.63) is 91.0 Å². The Morgan fingerprint density at radius 3 is 0.957 bits per heavy atom. The van der Waals surface area contributed by atoms with Crippen molar-refractivity contribution in [3.8, 4) is 0 Å². The third-order valence-corrected chi connectivity index (χ3v) is 4.49. The molecular weight excluding hydrogens is 369 g/mol. The molecule has 0 aromatic heterocycles. The standard InChI is InChI=1S/C18H18N3P.BrH/c1-4-10-16(11-5-1)19-22(20-17-12-6-2-7-13-17)21-18-14-8-3-9-15-18;/h1-15,19-21H;1H. The first-order valence-electron chi connectivity index (χ1n) is 7.15.